The Morgan fingerprint density at radius 2 is 1.42 bits per heavy atom. The summed E-state index contributed by atoms with van der Waals surface area (Å²) >= 11 is 0. The molecule has 0 bridgehead atoms. The van der Waals surface area contributed by atoms with Gasteiger partial charge in [0.05, 0.1) is 0 Å². The second-order valence-corrected chi connectivity index (χ2v) is 2.90. The zero-order valence-corrected chi connectivity index (χ0v) is 5.88. The lowest BCUT2D eigenvalue weighted by Crippen LogP contribution is -2.55. The lowest BCUT2D eigenvalue weighted by atomic mass is 9.66. The lowest BCUT2D eigenvalue weighted by Gasteiger charge is -2.40. The van der Waals surface area contributed by atoms with Crippen molar-refractivity contribution in [2.45, 2.75) is 18.8 Å². The largest absolute Gasteiger partial charge is 0.480 e. The van der Waals surface area contributed by atoms with E-state index >= 15 is 0 Å². The van der Waals surface area contributed by atoms with Crippen LogP contribution in [0.3, 0.4) is 0 Å². The van der Waals surface area contributed by atoms with Crippen LogP contribution in [0.15, 0.2) is 0 Å². The van der Waals surface area contributed by atoms with E-state index in [-0.39, 0.29) is 0 Å². The number of alkyl halides is 2. The maximum Gasteiger partial charge on any atom is 0.321 e. The van der Waals surface area contributed by atoms with Crippen LogP contribution in [0.1, 0.15) is 12.8 Å². The minimum Gasteiger partial charge on any atom is -0.480 e. The second kappa shape index (κ2) is 2.15. The van der Waals surface area contributed by atoms with Gasteiger partial charge in [-0.05, 0) is 0 Å². The molecule has 1 aliphatic rings. The average molecular weight is 180 g/mol. The van der Waals surface area contributed by atoms with Crippen LogP contribution in [0.5, 0.6) is 0 Å². The summed E-state index contributed by atoms with van der Waals surface area (Å²) in [6, 6.07) is 0. The van der Waals surface area contributed by atoms with Gasteiger partial charge in [0.15, 0.2) is 5.41 Å². The maximum absolute atomic E-state index is 12.2. The molecule has 0 heterocycles. The summed E-state index contributed by atoms with van der Waals surface area (Å²) in [6.45, 7) is 0. The van der Waals surface area contributed by atoms with Gasteiger partial charge in [-0.1, -0.05) is 0 Å². The van der Waals surface area contributed by atoms with Crippen LogP contribution < -0.4 is 0 Å². The Hall–Kier alpha value is -1.20. The Labute approximate surface area is 65.8 Å². The number of rotatable bonds is 2. The molecule has 1 aliphatic carbocycles. The Morgan fingerprint density at radius 3 is 1.50 bits per heavy atom. The van der Waals surface area contributed by atoms with Crippen molar-refractivity contribution in [2.24, 2.45) is 5.41 Å². The first-order valence-electron chi connectivity index (χ1n) is 3.15. The highest BCUT2D eigenvalue weighted by atomic mass is 19.3. The van der Waals surface area contributed by atoms with Gasteiger partial charge in [0.2, 0.25) is 0 Å². The SMILES string of the molecule is O=C(O)C1(C(=O)O)CC(F)(F)C1. The van der Waals surface area contributed by atoms with Crippen molar-refractivity contribution < 1.29 is 28.6 Å². The maximum atomic E-state index is 12.2. The van der Waals surface area contributed by atoms with Gasteiger partial charge in [0.25, 0.3) is 5.92 Å². The summed E-state index contributed by atoms with van der Waals surface area (Å²) in [5, 5.41) is 16.7. The van der Waals surface area contributed by atoms with Crippen LogP contribution in [0, 0.1) is 5.41 Å². The van der Waals surface area contributed by atoms with Gasteiger partial charge in [-0.15, -0.1) is 0 Å². The summed E-state index contributed by atoms with van der Waals surface area (Å²) in [4.78, 5) is 20.6. The van der Waals surface area contributed by atoms with E-state index in [9.17, 15) is 18.4 Å². The lowest BCUT2D eigenvalue weighted by molar-refractivity contribution is -0.206. The quantitative estimate of drug-likeness (QED) is 0.609. The Morgan fingerprint density at radius 1 is 1.08 bits per heavy atom. The summed E-state index contributed by atoms with van der Waals surface area (Å²) in [7, 11) is 0. The normalized spacial score (nSPS) is 24.2. The van der Waals surface area contributed by atoms with Gasteiger partial charge in [-0.25, -0.2) is 8.78 Å². The number of halogens is 2. The molecule has 0 atom stereocenters. The van der Waals surface area contributed by atoms with E-state index in [0.717, 1.165) is 0 Å². The fraction of sp³-hybridized carbons (Fsp3) is 0.667. The molecule has 68 valence electrons. The van der Waals surface area contributed by atoms with Crippen LogP contribution in [-0.2, 0) is 9.59 Å². The molecule has 0 aromatic carbocycles. The summed E-state index contributed by atoms with van der Waals surface area (Å²) < 4.78 is 24.5. The molecule has 6 heteroatoms. The topological polar surface area (TPSA) is 74.6 Å². The molecule has 0 radical (unpaired) electrons. The molecule has 0 aliphatic heterocycles. The monoisotopic (exact) mass is 180 g/mol. The average Bonchev–Trinajstić information content (AvgIpc) is 1.80. The van der Waals surface area contributed by atoms with Gasteiger partial charge in [0.1, 0.15) is 0 Å². The molecular formula is C6H6F2O4. The molecule has 4 nitrogen and oxygen atoms in total. The van der Waals surface area contributed by atoms with Crippen molar-refractivity contribution in [1.29, 1.82) is 0 Å². The molecule has 0 saturated heterocycles. The van der Waals surface area contributed by atoms with Gasteiger partial charge < -0.3 is 10.2 Å². The molecule has 1 saturated carbocycles. The van der Waals surface area contributed by atoms with Gasteiger partial charge in [-0.3, -0.25) is 9.59 Å². The minimum absolute atomic E-state index is 1.11. The first kappa shape index (κ1) is 8.89. The highest BCUT2D eigenvalue weighted by molar-refractivity contribution is 5.99. The molecule has 0 amide bonds. The molecule has 0 aromatic rings. The molecule has 2 N–H and O–H groups in total. The van der Waals surface area contributed by atoms with E-state index in [0.29, 0.717) is 0 Å². The standard InChI is InChI=1S/C6H6F2O4/c7-6(8)1-5(2-6,3(9)10)4(11)12/h1-2H2,(H,9,10)(H,11,12). The Balaban J connectivity index is 2.83. The van der Waals surface area contributed by atoms with E-state index in [1.807, 2.05) is 0 Å². The van der Waals surface area contributed by atoms with E-state index in [2.05, 4.69) is 0 Å². The number of carbonyl (C=O) groups is 2. The first-order valence-corrected chi connectivity index (χ1v) is 3.15. The van der Waals surface area contributed by atoms with Crippen LogP contribution in [0.4, 0.5) is 8.78 Å². The minimum atomic E-state index is -3.14. The molecule has 0 aromatic heterocycles. The highest BCUT2D eigenvalue weighted by Gasteiger charge is 2.66. The Kier molecular flexibility index (Phi) is 1.59. The predicted molar refractivity (Wildman–Crippen MR) is 31.9 cm³/mol. The zero-order valence-electron chi connectivity index (χ0n) is 5.88. The van der Waals surface area contributed by atoms with Crippen molar-refractivity contribution in [3.05, 3.63) is 0 Å². The molecular weight excluding hydrogens is 174 g/mol. The van der Waals surface area contributed by atoms with Crippen LogP contribution in [-0.4, -0.2) is 28.1 Å². The number of aliphatic carboxylic acids is 2. The van der Waals surface area contributed by atoms with Crippen LogP contribution >= 0.6 is 0 Å². The smallest absolute Gasteiger partial charge is 0.321 e. The van der Waals surface area contributed by atoms with E-state index < -0.39 is 36.1 Å². The van der Waals surface area contributed by atoms with Crippen LogP contribution in [0.25, 0.3) is 0 Å². The van der Waals surface area contributed by atoms with Crippen LogP contribution in [0.2, 0.25) is 0 Å². The summed E-state index contributed by atoms with van der Waals surface area (Å²) in [5.74, 6) is -6.53. The molecule has 1 fully saturated rings. The van der Waals surface area contributed by atoms with E-state index in [4.69, 9.17) is 10.2 Å². The van der Waals surface area contributed by atoms with E-state index in [1.165, 1.54) is 0 Å². The first-order chi connectivity index (χ1) is 5.30. The van der Waals surface area contributed by atoms with Crippen molar-refractivity contribution in [3.63, 3.8) is 0 Å². The van der Waals surface area contributed by atoms with Gasteiger partial charge in [-0.2, -0.15) is 0 Å². The zero-order chi connectivity index (χ0) is 9.57. The van der Waals surface area contributed by atoms with Crippen molar-refractivity contribution in [3.8, 4) is 0 Å². The van der Waals surface area contributed by atoms with Crippen molar-refractivity contribution in [1.82, 2.24) is 0 Å². The number of hydrogen-bond acceptors (Lipinski definition) is 2. The fourth-order valence-electron chi connectivity index (χ4n) is 1.23. The third-order valence-electron chi connectivity index (χ3n) is 1.94. The van der Waals surface area contributed by atoms with E-state index in [1.54, 1.807) is 0 Å². The summed E-state index contributed by atoms with van der Waals surface area (Å²) in [5.41, 5.74) is -2.26. The van der Waals surface area contributed by atoms with Gasteiger partial charge in [0, 0.05) is 12.8 Å². The third-order valence-corrected chi connectivity index (χ3v) is 1.94. The fourth-order valence-corrected chi connectivity index (χ4v) is 1.23. The predicted octanol–water partition coefficient (Wildman–Crippen LogP) is 0.571. The number of carboxylic acid groups (broad SMARTS) is 2. The van der Waals surface area contributed by atoms with Crippen molar-refractivity contribution in [2.75, 3.05) is 0 Å². The highest BCUT2D eigenvalue weighted by Crippen LogP contribution is 2.52. The van der Waals surface area contributed by atoms with Crippen molar-refractivity contribution >= 4 is 11.9 Å². The second-order valence-electron chi connectivity index (χ2n) is 2.90. The number of carboxylic acids is 2. The molecule has 0 spiro atoms. The summed E-state index contributed by atoms with van der Waals surface area (Å²) in [6.07, 6.45) is -2.21. The molecule has 12 heavy (non-hydrogen) atoms. The number of hydrogen-bond donors (Lipinski definition) is 2. The van der Waals surface area contributed by atoms with Gasteiger partial charge >= 0.3 is 11.9 Å². The Bertz CT molecular complexity index is 224. The third kappa shape index (κ3) is 1.03. The molecule has 1 rings (SSSR count). The molecule has 0 unspecified atom stereocenters.